The van der Waals surface area contributed by atoms with E-state index in [1.165, 1.54) is 0 Å². The van der Waals surface area contributed by atoms with Gasteiger partial charge in [0, 0.05) is 50.6 Å². The second-order valence-corrected chi connectivity index (χ2v) is 15.2. The van der Waals surface area contributed by atoms with Crippen molar-refractivity contribution in [3.05, 3.63) is 60.7 Å². The van der Waals surface area contributed by atoms with Crippen LogP contribution in [0.25, 0.3) is 0 Å². The molecule has 2 N–H and O–H groups in total. The summed E-state index contributed by atoms with van der Waals surface area (Å²) in [7, 11) is -3.90. The van der Waals surface area contributed by atoms with Crippen LogP contribution in [0.2, 0.25) is 0 Å². The minimum absolute atomic E-state index is 0.164. The number of morpholine rings is 2. The minimum atomic E-state index is -3.90. The fourth-order valence-corrected chi connectivity index (χ4v) is 6.62. The lowest BCUT2D eigenvalue weighted by Gasteiger charge is -2.32. The van der Waals surface area contributed by atoms with Crippen LogP contribution in [-0.2, 0) is 18.3 Å². The Morgan fingerprint density at radius 2 is 1.09 bits per heavy atom. The van der Waals surface area contributed by atoms with Crippen molar-refractivity contribution in [3.8, 4) is 0 Å². The van der Waals surface area contributed by atoms with Crippen LogP contribution < -0.4 is 10.6 Å². The van der Waals surface area contributed by atoms with Crippen LogP contribution in [0.15, 0.2) is 81.1 Å². The molecule has 0 aromatic heterocycles. The van der Waals surface area contributed by atoms with Crippen molar-refractivity contribution >= 4 is 75.4 Å². The number of halogens is 2. The van der Waals surface area contributed by atoms with Gasteiger partial charge in [0.15, 0.2) is 12.5 Å². The van der Waals surface area contributed by atoms with Crippen LogP contribution in [0.3, 0.4) is 0 Å². The molecule has 0 aliphatic carbocycles. The van der Waals surface area contributed by atoms with Crippen molar-refractivity contribution in [2.75, 3.05) is 76.3 Å². The van der Waals surface area contributed by atoms with Gasteiger partial charge in [0.1, 0.15) is 0 Å². The highest BCUT2D eigenvalue weighted by molar-refractivity contribution is 7.80. The topological polar surface area (TPSA) is 117 Å². The average Bonchev–Trinajstić information content (AvgIpc) is 3.00. The predicted octanol–water partition coefficient (Wildman–Crippen LogP) is 4.95. The summed E-state index contributed by atoms with van der Waals surface area (Å²) in [5.41, 5.74) is 1.57. The van der Waals surface area contributed by atoms with E-state index in [2.05, 4.69) is 40.9 Å². The van der Waals surface area contributed by atoms with Crippen molar-refractivity contribution in [1.29, 1.82) is 0 Å². The minimum Gasteiger partial charge on any atom is -0.379 e. The van der Waals surface area contributed by atoms with Crippen LogP contribution in [0, 0.1) is 0 Å². The summed E-state index contributed by atoms with van der Waals surface area (Å²) < 4.78 is 23.1. The van der Waals surface area contributed by atoms with Crippen LogP contribution >= 0.6 is 46.6 Å². The Kier molecular flexibility index (Phi) is 14.2. The van der Waals surface area contributed by atoms with Crippen molar-refractivity contribution in [3.63, 3.8) is 0 Å². The Morgan fingerprint density at radius 1 is 0.721 bits per heavy atom. The highest BCUT2D eigenvalue weighted by Gasteiger charge is 2.41. The second kappa shape index (κ2) is 18.1. The number of para-hydroxylation sites is 2. The van der Waals surface area contributed by atoms with Gasteiger partial charge in [-0.05, 0) is 48.7 Å². The van der Waals surface area contributed by atoms with Gasteiger partial charge >= 0.3 is 7.18 Å². The summed E-state index contributed by atoms with van der Waals surface area (Å²) in [6, 6.07) is 18.9. The Morgan fingerprint density at radius 3 is 1.47 bits per heavy atom. The first-order chi connectivity index (χ1) is 20.8. The van der Waals surface area contributed by atoms with E-state index in [1.54, 1.807) is 0 Å². The molecule has 0 saturated carbocycles. The van der Waals surface area contributed by atoms with Gasteiger partial charge in [-0.2, -0.15) is 10.2 Å². The zero-order valence-electron chi connectivity index (χ0n) is 23.4. The molecule has 2 aliphatic heterocycles. The molecule has 4 rings (SSSR count). The highest BCUT2D eigenvalue weighted by atomic mass is 35.7. The van der Waals surface area contributed by atoms with Gasteiger partial charge in [0.2, 0.25) is 10.2 Å². The molecule has 2 unspecified atom stereocenters. The number of azo groups is 2. The molecule has 43 heavy (non-hydrogen) atoms. The predicted molar refractivity (Wildman–Crippen MR) is 177 cm³/mol. The number of hydrogen-bond acceptors (Lipinski definition) is 10. The van der Waals surface area contributed by atoms with Gasteiger partial charge in [-0.15, -0.1) is 10.2 Å². The standard InChI is InChI=1S/C26H34Cl2N8O4S2Si/c27-43(28,39-23(19-35-11-15-37-16-12-35)31-33-25(41)29-21-7-3-1-4-8-21)40-24(20-36-13-17-38-18-14-36)32-34-26(42)30-22-9-5-2-6-10-22/h1-10,23-24H,11-20H2,(H,29,41)(H,30,42)/b33-31+,34-32+. The molecule has 2 saturated heterocycles. The maximum Gasteiger partial charge on any atom is 0.554 e. The summed E-state index contributed by atoms with van der Waals surface area (Å²) in [5, 5.41) is 23.4. The molecule has 2 fully saturated rings. The molecule has 0 spiro atoms. The molecular weight excluding hydrogens is 651 g/mol. The monoisotopic (exact) mass is 684 g/mol. The Balaban J connectivity index is 1.43. The first-order valence-electron chi connectivity index (χ1n) is 13.7. The third-order valence-electron chi connectivity index (χ3n) is 6.19. The molecule has 232 valence electrons. The third kappa shape index (κ3) is 13.2. The van der Waals surface area contributed by atoms with E-state index in [0.717, 1.165) is 11.4 Å². The van der Waals surface area contributed by atoms with Crippen LogP contribution in [0.1, 0.15) is 0 Å². The highest BCUT2D eigenvalue weighted by Crippen LogP contribution is 2.25. The molecule has 2 aliphatic rings. The number of benzene rings is 2. The molecule has 0 amide bonds. The molecule has 2 atom stereocenters. The van der Waals surface area contributed by atoms with E-state index in [-0.39, 0.29) is 10.2 Å². The molecule has 2 aromatic carbocycles. The number of rotatable bonds is 12. The summed E-state index contributed by atoms with van der Waals surface area (Å²) >= 11 is 24.2. The molecule has 0 bridgehead atoms. The summed E-state index contributed by atoms with van der Waals surface area (Å²) in [6.07, 6.45) is -1.73. The third-order valence-corrected chi connectivity index (χ3v) is 8.72. The fraction of sp³-hybridized carbons (Fsp3) is 0.462. The van der Waals surface area contributed by atoms with E-state index < -0.39 is 19.6 Å². The lowest BCUT2D eigenvalue weighted by Crippen LogP contribution is -2.47. The van der Waals surface area contributed by atoms with E-state index >= 15 is 0 Å². The summed E-state index contributed by atoms with van der Waals surface area (Å²) in [5.74, 6) is 0. The van der Waals surface area contributed by atoms with Crippen molar-refractivity contribution in [2.45, 2.75) is 12.5 Å². The van der Waals surface area contributed by atoms with Crippen LogP contribution in [0.5, 0.6) is 0 Å². The van der Waals surface area contributed by atoms with E-state index in [4.69, 9.17) is 64.9 Å². The largest absolute Gasteiger partial charge is 0.554 e. The zero-order chi connectivity index (χ0) is 30.3. The van der Waals surface area contributed by atoms with Crippen LogP contribution in [0.4, 0.5) is 11.4 Å². The van der Waals surface area contributed by atoms with E-state index in [1.807, 2.05) is 60.7 Å². The van der Waals surface area contributed by atoms with E-state index in [0.29, 0.717) is 65.7 Å². The molecule has 12 nitrogen and oxygen atoms in total. The van der Waals surface area contributed by atoms with Crippen molar-refractivity contribution in [2.24, 2.45) is 20.5 Å². The number of anilines is 2. The Bertz CT molecular complexity index is 1120. The quantitative estimate of drug-likeness (QED) is 0.138. The summed E-state index contributed by atoms with van der Waals surface area (Å²) in [6.45, 7) is 5.88. The number of nitrogens with one attached hydrogen (secondary N) is 2. The molecule has 2 heterocycles. The average molecular weight is 686 g/mol. The normalized spacial score (nSPS) is 18.5. The molecular formula is C26H34Cl2N8O4S2Si. The van der Waals surface area contributed by atoms with E-state index in [9.17, 15) is 0 Å². The lowest BCUT2D eigenvalue weighted by atomic mass is 10.3. The summed E-state index contributed by atoms with van der Waals surface area (Å²) in [4.78, 5) is 4.25. The van der Waals surface area contributed by atoms with Gasteiger partial charge in [0.05, 0.1) is 26.4 Å². The van der Waals surface area contributed by atoms with Gasteiger partial charge in [-0.25, -0.2) is 0 Å². The number of ether oxygens (including phenoxy) is 2. The van der Waals surface area contributed by atoms with Gasteiger partial charge in [-0.1, -0.05) is 58.6 Å². The fourth-order valence-electron chi connectivity index (χ4n) is 4.12. The molecule has 17 heteroatoms. The maximum absolute atomic E-state index is 6.72. The lowest BCUT2D eigenvalue weighted by molar-refractivity contribution is 0.00308. The Labute approximate surface area is 272 Å². The van der Waals surface area contributed by atoms with Gasteiger partial charge in [-0.3, -0.25) is 9.80 Å². The maximum atomic E-state index is 6.72. The number of thiocarbonyl (C=S) groups is 2. The van der Waals surface area contributed by atoms with Crippen molar-refractivity contribution in [1.82, 2.24) is 9.80 Å². The zero-order valence-corrected chi connectivity index (χ0v) is 27.5. The second-order valence-electron chi connectivity index (χ2n) is 9.46. The van der Waals surface area contributed by atoms with Crippen molar-refractivity contribution < 1.29 is 18.3 Å². The van der Waals surface area contributed by atoms with Gasteiger partial charge in [0.25, 0.3) is 0 Å². The van der Waals surface area contributed by atoms with Gasteiger partial charge < -0.3 is 29.0 Å². The first kappa shape index (κ1) is 33.9. The molecule has 2 aromatic rings. The number of nitrogens with zero attached hydrogens (tertiary/aromatic N) is 6. The molecule has 0 radical (unpaired) electrons. The number of hydrogen-bond donors (Lipinski definition) is 2. The SMILES string of the molecule is S=C(/N=N/C(CN1CCOCC1)O[Si](Cl)(Cl)OC(CN1CCOCC1)/N=N/C(=S)Nc1ccccc1)Nc1ccccc1. The smallest absolute Gasteiger partial charge is 0.379 e. The Hall–Kier alpha value is -2.02. The van der Waals surface area contributed by atoms with Crippen LogP contribution in [-0.4, -0.2) is 105 Å². The first-order valence-corrected chi connectivity index (χ1v) is 18.4.